The fourth-order valence-corrected chi connectivity index (χ4v) is 2.43. The second-order valence-electron chi connectivity index (χ2n) is 4.45. The quantitative estimate of drug-likeness (QED) is 0.789. The van der Waals surface area contributed by atoms with Crippen molar-refractivity contribution in [2.24, 2.45) is 0 Å². The third-order valence-corrected chi connectivity index (χ3v) is 3.39. The summed E-state index contributed by atoms with van der Waals surface area (Å²) in [6.07, 6.45) is 0. The normalized spacial score (nSPS) is 18.1. The van der Waals surface area contributed by atoms with E-state index in [-0.39, 0.29) is 13.1 Å². The maximum atomic E-state index is 5.93. The van der Waals surface area contributed by atoms with Gasteiger partial charge in [-0.3, -0.25) is 0 Å². The van der Waals surface area contributed by atoms with Gasteiger partial charge in [0.1, 0.15) is 5.75 Å². The summed E-state index contributed by atoms with van der Waals surface area (Å²) in [5.74, 6) is 0.948. The van der Waals surface area contributed by atoms with Gasteiger partial charge in [-0.05, 0) is 30.6 Å². The summed E-state index contributed by atoms with van der Waals surface area (Å²) in [4.78, 5) is 0. The summed E-state index contributed by atoms with van der Waals surface area (Å²) >= 11 is 5.93. The highest BCUT2D eigenvalue weighted by Crippen LogP contribution is 2.33. The van der Waals surface area contributed by atoms with Crippen molar-refractivity contribution in [3.05, 3.63) is 64.7 Å². The first-order chi connectivity index (χ1) is 8.74. The van der Waals surface area contributed by atoms with Gasteiger partial charge in [0.15, 0.2) is 0 Å². The summed E-state index contributed by atoms with van der Waals surface area (Å²) in [5.41, 5.74) is 2.36. The monoisotopic (exact) mass is 257 g/mol. The minimum Gasteiger partial charge on any atom is -0.546 e. The Morgan fingerprint density at radius 1 is 1.11 bits per heavy atom. The molecule has 18 heavy (non-hydrogen) atoms. The summed E-state index contributed by atoms with van der Waals surface area (Å²) in [7, 11) is 0.000535. The zero-order valence-corrected chi connectivity index (χ0v) is 10.8. The molecule has 0 amide bonds. The molecule has 0 aromatic heterocycles. The number of hydrogen-bond donors (Lipinski definition) is 1. The molecule has 2 nitrogen and oxygen atoms in total. The van der Waals surface area contributed by atoms with E-state index in [0.29, 0.717) is 0 Å². The molecule has 0 saturated heterocycles. The van der Waals surface area contributed by atoms with Crippen LogP contribution in [0.4, 0.5) is 0 Å². The highest BCUT2D eigenvalue weighted by molar-refractivity contribution is 6.48. The maximum absolute atomic E-state index is 5.93. The third-order valence-electron chi connectivity index (χ3n) is 3.14. The molecule has 2 aromatic rings. The molecule has 0 fully saturated rings. The van der Waals surface area contributed by atoms with Gasteiger partial charge in [0, 0.05) is 10.6 Å². The second kappa shape index (κ2) is 4.67. The van der Waals surface area contributed by atoms with Crippen LogP contribution in [-0.2, 0) is 0 Å². The van der Waals surface area contributed by atoms with E-state index in [2.05, 4.69) is 23.4 Å². The van der Waals surface area contributed by atoms with Crippen molar-refractivity contribution in [3.63, 3.8) is 0 Å². The van der Waals surface area contributed by atoms with Crippen LogP contribution in [0.3, 0.4) is 0 Å². The van der Waals surface area contributed by atoms with Gasteiger partial charge < -0.3 is 9.88 Å². The number of rotatable bonds is 1. The van der Waals surface area contributed by atoms with E-state index in [9.17, 15) is 0 Å². The Morgan fingerprint density at radius 2 is 1.83 bits per heavy atom. The van der Waals surface area contributed by atoms with Gasteiger partial charge in [-0.15, -0.1) is 0 Å². The molecule has 1 N–H and O–H groups in total. The minimum absolute atomic E-state index is 0.000535. The van der Waals surface area contributed by atoms with E-state index >= 15 is 0 Å². The maximum Gasteiger partial charge on any atom is 0.443 e. The second-order valence-corrected chi connectivity index (χ2v) is 4.89. The molecule has 0 spiro atoms. The van der Waals surface area contributed by atoms with Gasteiger partial charge in [0.2, 0.25) is 0 Å². The summed E-state index contributed by atoms with van der Waals surface area (Å²) < 4.78 is 5.77. The molecule has 0 saturated carbocycles. The Balaban J connectivity index is 2.04. The van der Waals surface area contributed by atoms with Crippen molar-refractivity contribution in [2.45, 2.75) is 12.9 Å². The number of benzene rings is 2. The van der Waals surface area contributed by atoms with E-state index in [0.717, 1.165) is 16.3 Å². The van der Waals surface area contributed by atoms with Gasteiger partial charge >= 0.3 is 7.05 Å². The van der Waals surface area contributed by atoms with Crippen LogP contribution in [0.5, 0.6) is 5.75 Å². The molecule has 1 atom stereocenters. The van der Waals surface area contributed by atoms with Crippen molar-refractivity contribution < 1.29 is 4.65 Å². The third kappa shape index (κ3) is 2.12. The van der Waals surface area contributed by atoms with E-state index in [4.69, 9.17) is 16.3 Å². The van der Waals surface area contributed by atoms with Gasteiger partial charge in [-0.2, -0.15) is 0 Å². The molecule has 1 aliphatic rings. The molecule has 1 unspecified atom stereocenters. The first-order valence-electron chi connectivity index (χ1n) is 6.01. The molecule has 3 rings (SSSR count). The summed E-state index contributed by atoms with van der Waals surface area (Å²) in [6.45, 7) is 2.01. The molecular formula is C14H13BClNO. The van der Waals surface area contributed by atoms with Crippen LogP contribution in [0, 0.1) is 0 Å². The SMILES string of the molecule is CB1NC(c2ccc(Cl)cc2)c2ccccc2O1. The lowest BCUT2D eigenvalue weighted by molar-refractivity contribution is 0.496. The molecule has 4 heteroatoms. The summed E-state index contributed by atoms with van der Waals surface area (Å²) in [5, 5.41) is 4.20. The number of para-hydroxylation sites is 1. The largest absolute Gasteiger partial charge is 0.546 e. The van der Waals surface area contributed by atoms with Crippen LogP contribution in [0.15, 0.2) is 48.5 Å². The Kier molecular flexibility index (Phi) is 3.02. The molecule has 0 radical (unpaired) electrons. The van der Waals surface area contributed by atoms with Gasteiger partial charge in [0.05, 0.1) is 6.04 Å². The van der Waals surface area contributed by atoms with Crippen LogP contribution in [0.25, 0.3) is 0 Å². The van der Waals surface area contributed by atoms with Crippen LogP contribution in [0.1, 0.15) is 17.2 Å². The predicted octanol–water partition coefficient (Wildman–Crippen LogP) is 3.53. The topological polar surface area (TPSA) is 21.3 Å². The molecule has 0 aliphatic carbocycles. The fourth-order valence-electron chi connectivity index (χ4n) is 2.31. The van der Waals surface area contributed by atoms with Crippen LogP contribution in [-0.4, -0.2) is 7.05 Å². The highest BCUT2D eigenvalue weighted by atomic mass is 35.5. The molecule has 0 bridgehead atoms. The first kappa shape index (κ1) is 11.6. The van der Waals surface area contributed by atoms with E-state index in [1.165, 1.54) is 5.56 Å². The lowest BCUT2D eigenvalue weighted by atomic mass is 9.80. The minimum atomic E-state index is 0.000535. The lowest BCUT2D eigenvalue weighted by Gasteiger charge is -2.30. The van der Waals surface area contributed by atoms with E-state index in [1.54, 1.807) is 0 Å². The molecule has 90 valence electrons. The first-order valence-corrected chi connectivity index (χ1v) is 6.39. The van der Waals surface area contributed by atoms with Crippen LogP contribution < -0.4 is 9.88 Å². The number of nitrogens with one attached hydrogen (secondary N) is 1. The predicted molar refractivity (Wildman–Crippen MR) is 75.1 cm³/mol. The molecular weight excluding hydrogens is 244 g/mol. The van der Waals surface area contributed by atoms with E-state index < -0.39 is 0 Å². The zero-order chi connectivity index (χ0) is 12.5. The van der Waals surface area contributed by atoms with Crippen molar-refractivity contribution >= 4 is 18.7 Å². The van der Waals surface area contributed by atoms with Crippen LogP contribution >= 0.6 is 11.6 Å². The van der Waals surface area contributed by atoms with Gasteiger partial charge in [-0.25, -0.2) is 0 Å². The zero-order valence-electron chi connectivity index (χ0n) is 10.1. The number of fused-ring (bicyclic) bond motifs is 1. The van der Waals surface area contributed by atoms with Crippen LogP contribution in [0.2, 0.25) is 11.8 Å². The Bertz CT molecular complexity index is 558. The number of halogens is 1. The Labute approximate surface area is 112 Å². The van der Waals surface area contributed by atoms with Crippen molar-refractivity contribution in [2.75, 3.05) is 0 Å². The number of hydrogen-bond acceptors (Lipinski definition) is 2. The molecule has 1 aliphatic heterocycles. The van der Waals surface area contributed by atoms with Gasteiger partial charge in [-0.1, -0.05) is 41.9 Å². The smallest absolute Gasteiger partial charge is 0.443 e. The molecule has 2 aromatic carbocycles. The summed E-state index contributed by atoms with van der Waals surface area (Å²) in [6, 6.07) is 16.2. The van der Waals surface area contributed by atoms with E-state index in [1.807, 2.05) is 37.2 Å². The lowest BCUT2D eigenvalue weighted by Crippen LogP contribution is -2.43. The fraction of sp³-hybridized carbons (Fsp3) is 0.143. The Morgan fingerprint density at radius 3 is 2.61 bits per heavy atom. The van der Waals surface area contributed by atoms with Crippen molar-refractivity contribution in [1.29, 1.82) is 0 Å². The van der Waals surface area contributed by atoms with Gasteiger partial charge in [0.25, 0.3) is 0 Å². The van der Waals surface area contributed by atoms with Crippen molar-refractivity contribution in [3.8, 4) is 5.75 Å². The standard InChI is InChI=1S/C14H13BClNO/c1-15-17-14(10-6-8-11(16)9-7-10)12-4-2-3-5-13(12)18-15/h2-9,14,17H,1H3. The van der Waals surface area contributed by atoms with Crippen molar-refractivity contribution in [1.82, 2.24) is 5.23 Å². The average Bonchev–Trinajstić information content (AvgIpc) is 2.38. The molecule has 1 heterocycles. The average molecular weight is 258 g/mol. The Hall–Kier alpha value is -1.45. The highest BCUT2D eigenvalue weighted by Gasteiger charge is 2.28.